The zero-order valence-electron chi connectivity index (χ0n) is 18.3. The van der Waals surface area contributed by atoms with Gasteiger partial charge in [0.1, 0.15) is 12.1 Å². The second-order valence-electron chi connectivity index (χ2n) is 8.52. The summed E-state index contributed by atoms with van der Waals surface area (Å²) in [5, 5.41) is 10.9. The van der Waals surface area contributed by atoms with E-state index >= 15 is 0 Å². The number of quaternary nitrogens is 1. The lowest BCUT2D eigenvalue weighted by molar-refractivity contribution is -0.919. The number of halogens is 1. The minimum atomic E-state index is -0.376. The predicted octanol–water partition coefficient (Wildman–Crippen LogP) is 3.50. The van der Waals surface area contributed by atoms with Crippen molar-refractivity contribution >= 4 is 0 Å². The highest BCUT2D eigenvalue weighted by Gasteiger charge is 2.33. The molecular formula is C24H44BrNO. The Morgan fingerprint density at radius 3 is 1.74 bits per heavy atom. The zero-order chi connectivity index (χ0) is 19.3. The SMILES string of the molecule is CCCCCCCCCCCC[N+](C)(C)C(CC)C(O)c1ccccc1.[Br-]. The first-order valence-electron chi connectivity index (χ1n) is 11.1. The van der Waals surface area contributed by atoms with Gasteiger partial charge in [-0.3, -0.25) is 0 Å². The van der Waals surface area contributed by atoms with Crippen molar-refractivity contribution in [1.82, 2.24) is 0 Å². The Bertz CT molecular complexity index is 449. The molecule has 0 spiro atoms. The fourth-order valence-electron chi connectivity index (χ4n) is 4.14. The van der Waals surface area contributed by atoms with Crippen LogP contribution in [0.2, 0.25) is 0 Å². The fraction of sp³-hybridized carbons (Fsp3) is 0.750. The number of aliphatic hydroxyl groups excluding tert-OH is 1. The van der Waals surface area contributed by atoms with E-state index in [-0.39, 0.29) is 29.1 Å². The number of likely N-dealkylation sites (N-methyl/N-ethyl adjacent to an activating group) is 1. The Hall–Kier alpha value is -0.380. The van der Waals surface area contributed by atoms with Gasteiger partial charge in [0.15, 0.2) is 0 Å². The molecule has 0 aliphatic carbocycles. The summed E-state index contributed by atoms with van der Waals surface area (Å²) in [4.78, 5) is 0. The molecule has 1 aromatic rings. The summed E-state index contributed by atoms with van der Waals surface area (Å²) in [6.45, 7) is 5.64. The summed E-state index contributed by atoms with van der Waals surface area (Å²) in [5.41, 5.74) is 1.05. The molecule has 1 aromatic carbocycles. The molecule has 2 nitrogen and oxygen atoms in total. The smallest absolute Gasteiger partial charge is 0.131 e. The van der Waals surface area contributed by atoms with E-state index in [1.54, 1.807) is 0 Å². The van der Waals surface area contributed by atoms with Gasteiger partial charge in [-0.25, -0.2) is 0 Å². The van der Waals surface area contributed by atoms with Crippen molar-refractivity contribution in [3.05, 3.63) is 35.9 Å². The highest BCUT2D eigenvalue weighted by atomic mass is 79.9. The zero-order valence-corrected chi connectivity index (χ0v) is 19.9. The summed E-state index contributed by atoms with van der Waals surface area (Å²) < 4.78 is 0.906. The van der Waals surface area contributed by atoms with Crippen molar-refractivity contribution in [2.24, 2.45) is 0 Å². The van der Waals surface area contributed by atoms with E-state index in [4.69, 9.17) is 0 Å². The minimum absolute atomic E-state index is 0. The summed E-state index contributed by atoms with van der Waals surface area (Å²) >= 11 is 0. The molecule has 0 saturated heterocycles. The number of hydrogen-bond donors (Lipinski definition) is 1. The van der Waals surface area contributed by atoms with Gasteiger partial charge in [-0.05, 0) is 24.8 Å². The van der Waals surface area contributed by atoms with Crippen molar-refractivity contribution in [2.75, 3.05) is 20.6 Å². The number of rotatable bonds is 15. The third kappa shape index (κ3) is 10.7. The number of nitrogens with zero attached hydrogens (tertiary/aromatic N) is 1. The van der Waals surface area contributed by atoms with Gasteiger partial charge in [0, 0.05) is 0 Å². The molecule has 0 bridgehead atoms. The first-order valence-corrected chi connectivity index (χ1v) is 11.1. The topological polar surface area (TPSA) is 20.2 Å². The molecular weight excluding hydrogens is 398 g/mol. The Labute approximate surface area is 179 Å². The third-order valence-corrected chi connectivity index (χ3v) is 5.91. The maximum Gasteiger partial charge on any atom is 0.131 e. The monoisotopic (exact) mass is 441 g/mol. The Morgan fingerprint density at radius 1 is 0.778 bits per heavy atom. The maximum absolute atomic E-state index is 10.9. The summed E-state index contributed by atoms with van der Waals surface area (Å²) in [5.74, 6) is 0. The summed E-state index contributed by atoms with van der Waals surface area (Å²) in [7, 11) is 4.57. The Balaban J connectivity index is 0.00000676. The summed E-state index contributed by atoms with van der Waals surface area (Å²) in [6.07, 6.45) is 14.4. The van der Waals surface area contributed by atoms with Gasteiger partial charge in [0.25, 0.3) is 0 Å². The predicted molar refractivity (Wildman–Crippen MR) is 114 cm³/mol. The van der Waals surface area contributed by atoms with Crippen molar-refractivity contribution in [3.8, 4) is 0 Å². The van der Waals surface area contributed by atoms with Crippen LogP contribution in [0.3, 0.4) is 0 Å². The molecule has 158 valence electrons. The van der Waals surface area contributed by atoms with Crippen molar-refractivity contribution in [3.63, 3.8) is 0 Å². The van der Waals surface area contributed by atoms with E-state index in [9.17, 15) is 5.11 Å². The van der Waals surface area contributed by atoms with Crippen LogP contribution in [0.15, 0.2) is 30.3 Å². The minimum Gasteiger partial charge on any atom is -1.00 e. The molecule has 0 saturated carbocycles. The highest BCUT2D eigenvalue weighted by Crippen LogP contribution is 2.27. The van der Waals surface area contributed by atoms with Crippen LogP contribution in [0.5, 0.6) is 0 Å². The van der Waals surface area contributed by atoms with Gasteiger partial charge in [-0.1, -0.05) is 95.5 Å². The van der Waals surface area contributed by atoms with Gasteiger partial charge in [0.2, 0.25) is 0 Å². The lowest BCUT2D eigenvalue weighted by Gasteiger charge is -2.40. The molecule has 2 atom stereocenters. The quantitative estimate of drug-likeness (QED) is 0.326. The molecule has 0 heterocycles. The van der Waals surface area contributed by atoms with Crippen LogP contribution >= 0.6 is 0 Å². The number of benzene rings is 1. The average Bonchev–Trinajstić information content (AvgIpc) is 2.64. The van der Waals surface area contributed by atoms with E-state index in [0.29, 0.717) is 0 Å². The second kappa shape index (κ2) is 15.5. The first kappa shape index (κ1) is 26.6. The third-order valence-electron chi connectivity index (χ3n) is 5.91. The van der Waals surface area contributed by atoms with E-state index in [1.165, 1.54) is 64.2 Å². The van der Waals surface area contributed by atoms with E-state index < -0.39 is 0 Å². The van der Waals surface area contributed by atoms with Gasteiger partial charge in [0.05, 0.1) is 20.6 Å². The van der Waals surface area contributed by atoms with Crippen LogP contribution in [0.25, 0.3) is 0 Å². The van der Waals surface area contributed by atoms with Crippen molar-refractivity contribution < 1.29 is 26.6 Å². The second-order valence-corrected chi connectivity index (χ2v) is 8.52. The van der Waals surface area contributed by atoms with Crippen LogP contribution in [-0.4, -0.2) is 36.3 Å². The van der Waals surface area contributed by atoms with Crippen LogP contribution in [0, 0.1) is 0 Å². The van der Waals surface area contributed by atoms with Crippen LogP contribution < -0.4 is 17.0 Å². The molecule has 0 aliphatic heterocycles. The number of aliphatic hydroxyl groups is 1. The molecule has 0 amide bonds. The molecule has 0 aliphatic rings. The van der Waals surface area contributed by atoms with Crippen LogP contribution in [0.4, 0.5) is 0 Å². The lowest BCUT2D eigenvalue weighted by atomic mass is 9.97. The van der Waals surface area contributed by atoms with Crippen molar-refractivity contribution in [1.29, 1.82) is 0 Å². The van der Waals surface area contributed by atoms with Gasteiger partial charge < -0.3 is 26.6 Å². The number of unbranched alkanes of at least 4 members (excludes halogenated alkanes) is 9. The van der Waals surface area contributed by atoms with E-state index in [0.717, 1.165) is 23.0 Å². The van der Waals surface area contributed by atoms with Crippen LogP contribution in [-0.2, 0) is 0 Å². The molecule has 3 heteroatoms. The molecule has 2 unspecified atom stereocenters. The first-order chi connectivity index (χ1) is 12.5. The molecule has 0 fully saturated rings. The van der Waals surface area contributed by atoms with E-state index in [2.05, 4.69) is 27.9 Å². The average molecular weight is 443 g/mol. The molecule has 1 N–H and O–H groups in total. The molecule has 27 heavy (non-hydrogen) atoms. The highest BCUT2D eigenvalue weighted by molar-refractivity contribution is 5.18. The maximum atomic E-state index is 10.9. The molecule has 0 aromatic heterocycles. The van der Waals surface area contributed by atoms with Gasteiger partial charge >= 0.3 is 0 Å². The fourth-order valence-corrected chi connectivity index (χ4v) is 4.14. The van der Waals surface area contributed by atoms with Crippen molar-refractivity contribution in [2.45, 2.75) is 96.6 Å². The normalized spacial score (nSPS) is 13.8. The van der Waals surface area contributed by atoms with Crippen LogP contribution in [0.1, 0.15) is 96.1 Å². The van der Waals surface area contributed by atoms with E-state index in [1.807, 2.05) is 30.3 Å². The van der Waals surface area contributed by atoms with Gasteiger partial charge in [-0.2, -0.15) is 0 Å². The Kier molecular flexibility index (Phi) is 15.3. The lowest BCUT2D eigenvalue weighted by Crippen LogP contribution is -3.00. The number of hydrogen-bond acceptors (Lipinski definition) is 1. The molecule has 0 radical (unpaired) electrons. The standard InChI is InChI=1S/C24H44NO.BrH/c1-5-7-8-9-10-11-12-13-14-18-21-25(3,4)23(6-2)24(26)22-19-16-15-17-20-22;/h15-17,19-20,23-24,26H,5-14,18,21H2,1-4H3;1H/q+1;/p-1. The van der Waals surface area contributed by atoms with Gasteiger partial charge in [-0.15, -0.1) is 0 Å². The molecule has 1 rings (SSSR count). The summed E-state index contributed by atoms with van der Waals surface area (Å²) in [6, 6.07) is 10.4. The largest absolute Gasteiger partial charge is 1.00 e. The Morgan fingerprint density at radius 2 is 1.26 bits per heavy atom.